The Morgan fingerprint density at radius 3 is 2.38 bits per heavy atom. The zero-order valence-electron chi connectivity index (χ0n) is 14.5. The summed E-state index contributed by atoms with van der Waals surface area (Å²) >= 11 is 0. The molecule has 124 valence electrons. The number of nitrogens with one attached hydrogen (secondary N) is 1. The maximum atomic E-state index is 12.3. The summed E-state index contributed by atoms with van der Waals surface area (Å²) in [6.07, 6.45) is 0.910. The maximum Gasteiger partial charge on any atom is 0.243 e. The predicted octanol–water partition coefficient (Wildman–Crippen LogP) is 4.45. The SMILES string of the molecule is C/C(=N/NC(=O)[C@H]1C[C@H]1c1ccccc1)c1ccc(C(C)C)cc1. The van der Waals surface area contributed by atoms with Gasteiger partial charge in [-0.2, -0.15) is 5.10 Å². The molecule has 1 N–H and O–H groups in total. The van der Waals surface area contributed by atoms with Crippen LogP contribution in [0.2, 0.25) is 0 Å². The van der Waals surface area contributed by atoms with Crippen molar-refractivity contribution in [2.45, 2.75) is 39.0 Å². The Morgan fingerprint density at radius 1 is 1.08 bits per heavy atom. The molecule has 2 aromatic rings. The molecule has 2 aromatic carbocycles. The molecule has 0 heterocycles. The topological polar surface area (TPSA) is 41.5 Å². The van der Waals surface area contributed by atoms with Crippen LogP contribution in [0, 0.1) is 5.92 Å². The van der Waals surface area contributed by atoms with Crippen molar-refractivity contribution >= 4 is 11.6 Å². The van der Waals surface area contributed by atoms with Crippen molar-refractivity contribution in [3.63, 3.8) is 0 Å². The Labute approximate surface area is 143 Å². The fourth-order valence-corrected chi connectivity index (χ4v) is 2.95. The Hall–Kier alpha value is -2.42. The van der Waals surface area contributed by atoms with Crippen molar-refractivity contribution in [3.8, 4) is 0 Å². The van der Waals surface area contributed by atoms with Gasteiger partial charge >= 0.3 is 0 Å². The van der Waals surface area contributed by atoms with Gasteiger partial charge in [0, 0.05) is 5.92 Å². The summed E-state index contributed by atoms with van der Waals surface area (Å²) in [7, 11) is 0. The first-order chi connectivity index (χ1) is 11.6. The first kappa shape index (κ1) is 16.4. The summed E-state index contributed by atoms with van der Waals surface area (Å²) < 4.78 is 0. The van der Waals surface area contributed by atoms with Crippen molar-refractivity contribution in [3.05, 3.63) is 71.3 Å². The second-order valence-electron chi connectivity index (χ2n) is 6.81. The van der Waals surface area contributed by atoms with E-state index in [0.29, 0.717) is 11.8 Å². The van der Waals surface area contributed by atoms with Gasteiger partial charge in [-0.15, -0.1) is 0 Å². The Balaban J connectivity index is 1.58. The molecule has 3 heteroatoms. The first-order valence-electron chi connectivity index (χ1n) is 8.55. The van der Waals surface area contributed by atoms with Crippen molar-refractivity contribution < 1.29 is 4.79 Å². The van der Waals surface area contributed by atoms with Gasteiger partial charge in [0.25, 0.3) is 0 Å². The summed E-state index contributed by atoms with van der Waals surface area (Å²) in [5.41, 5.74) is 7.14. The van der Waals surface area contributed by atoms with E-state index in [1.165, 1.54) is 11.1 Å². The minimum Gasteiger partial charge on any atom is -0.273 e. The highest BCUT2D eigenvalue weighted by molar-refractivity contribution is 5.99. The Bertz CT molecular complexity index is 732. The molecule has 0 bridgehead atoms. The molecule has 3 nitrogen and oxygen atoms in total. The number of carbonyl (C=O) groups excluding carboxylic acids is 1. The van der Waals surface area contributed by atoms with Crippen molar-refractivity contribution in [1.82, 2.24) is 5.43 Å². The average Bonchev–Trinajstić information content (AvgIpc) is 3.41. The lowest BCUT2D eigenvalue weighted by molar-refractivity contribution is -0.122. The molecule has 1 fully saturated rings. The third-order valence-electron chi connectivity index (χ3n) is 4.68. The van der Waals surface area contributed by atoms with Crippen LogP contribution in [0.25, 0.3) is 0 Å². The van der Waals surface area contributed by atoms with Crippen LogP contribution in [-0.4, -0.2) is 11.6 Å². The molecular formula is C21H24N2O. The molecule has 0 radical (unpaired) electrons. The maximum absolute atomic E-state index is 12.3. The van der Waals surface area contributed by atoms with Crippen LogP contribution in [0.5, 0.6) is 0 Å². The highest BCUT2D eigenvalue weighted by Gasteiger charge is 2.43. The third-order valence-corrected chi connectivity index (χ3v) is 4.68. The number of carbonyl (C=O) groups is 1. The van der Waals surface area contributed by atoms with Gasteiger partial charge in [-0.1, -0.05) is 68.4 Å². The quantitative estimate of drug-likeness (QED) is 0.641. The molecule has 3 rings (SSSR count). The summed E-state index contributed by atoms with van der Waals surface area (Å²) in [6, 6.07) is 18.6. The van der Waals surface area contributed by atoms with Gasteiger partial charge in [0.2, 0.25) is 5.91 Å². The Kier molecular flexibility index (Phi) is 4.79. The van der Waals surface area contributed by atoms with Crippen LogP contribution in [0.4, 0.5) is 0 Å². The van der Waals surface area contributed by atoms with Crippen molar-refractivity contribution in [2.75, 3.05) is 0 Å². The third kappa shape index (κ3) is 3.73. The van der Waals surface area contributed by atoms with Crippen LogP contribution >= 0.6 is 0 Å². The fourth-order valence-electron chi connectivity index (χ4n) is 2.95. The van der Waals surface area contributed by atoms with Gasteiger partial charge in [0.05, 0.1) is 5.71 Å². The number of benzene rings is 2. The van der Waals surface area contributed by atoms with E-state index in [1.807, 2.05) is 25.1 Å². The van der Waals surface area contributed by atoms with Gasteiger partial charge in [0.1, 0.15) is 0 Å². The smallest absolute Gasteiger partial charge is 0.243 e. The molecule has 0 spiro atoms. The summed E-state index contributed by atoms with van der Waals surface area (Å²) in [4.78, 5) is 12.3. The summed E-state index contributed by atoms with van der Waals surface area (Å²) in [5.74, 6) is 0.919. The lowest BCUT2D eigenvalue weighted by Gasteiger charge is -2.07. The van der Waals surface area contributed by atoms with Crippen LogP contribution in [0.3, 0.4) is 0 Å². The van der Waals surface area contributed by atoms with Gasteiger partial charge in [-0.3, -0.25) is 4.79 Å². The zero-order chi connectivity index (χ0) is 17.1. The fraction of sp³-hybridized carbons (Fsp3) is 0.333. The second-order valence-corrected chi connectivity index (χ2v) is 6.81. The number of hydrogen-bond acceptors (Lipinski definition) is 2. The van der Waals surface area contributed by atoms with E-state index in [2.05, 4.69) is 60.8 Å². The molecule has 24 heavy (non-hydrogen) atoms. The molecule has 1 aliphatic rings. The van der Waals surface area contributed by atoms with Crippen LogP contribution in [0.15, 0.2) is 59.7 Å². The number of amides is 1. The second kappa shape index (κ2) is 7.00. The first-order valence-corrected chi connectivity index (χ1v) is 8.55. The molecule has 1 aliphatic carbocycles. The zero-order valence-corrected chi connectivity index (χ0v) is 14.5. The number of hydrogen-bond donors (Lipinski definition) is 1. The van der Waals surface area contributed by atoms with E-state index in [-0.39, 0.29) is 11.8 Å². The van der Waals surface area contributed by atoms with Gasteiger partial charge in [-0.25, -0.2) is 5.43 Å². The molecule has 0 aromatic heterocycles. The average molecular weight is 320 g/mol. The molecule has 0 aliphatic heterocycles. The number of rotatable bonds is 5. The molecule has 1 amide bonds. The highest BCUT2D eigenvalue weighted by Crippen LogP contribution is 2.47. The monoisotopic (exact) mass is 320 g/mol. The molecular weight excluding hydrogens is 296 g/mol. The van der Waals surface area contributed by atoms with E-state index >= 15 is 0 Å². The minimum absolute atomic E-state index is 0.0157. The van der Waals surface area contributed by atoms with E-state index in [9.17, 15) is 4.79 Å². The van der Waals surface area contributed by atoms with E-state index in [1.54, 1.807) is 0 Å². The van der Waals surface area contributed by atoms with Gasteiger partial charge in [0.15, 0.2) is 0 Å². The van der Waals surface area contributed by atoms with Crippen molar-refractivity contribution in [2.24, 2.45) is 11.0 Å². The lowest BCUT2D eigenvalue weighted by Crippen LogP contribution is -2.21. The van der Waals surface area contributed by atoms with E-state index in [4.69, 9.17) is 0 Å². The lowest BCUT2D eigenvalue weighted by atomic mass is 10.0. The molecule has 0 saturated heterocycles. The standard InChI is InChI=1S/C21H24N2O/c1-14(2)16-9-11-17(12-10-16)15(3)22-23-21(24)20-13-19(20)18-7-5-4-6-8-18/h4-12,14,19-20H,13H2,1-3H3,(H,23,24)/b22-15-/t19-,20-/m0/s1. The molecule has 1 saturated carbocycles. The number of hydrazone groups is 1. The van der Waals surface area contributed by atoms with Gasteiger partial charge < -0.3 is 0 Å². The van der Waals surface area contributed by atoms with Crippen LogP contribution in [-0.2, 0) is 4.79 Å². The van der Waals surface area contributed by atoms with Crippen LogP contribution < -0.4 is 5.43 Å². The summed E-state index contributed by atoms with van der Waals surface area (Å²) in [6.45, 7) is 6.27. The highest BCUT2D eigenvalue weighted by atomic mass is 16.2. The molecule has 2 atom stereocenters. The number of nitrogens with zero attached hydrogens (tertiary/aromatic N) is 1. The van der Waals surface area contributed by atoms with Crippen molar-refractivity contribution in [1.29, 1.82) is 0 Å². The molecule has 0 unspecified atom stereocenters. The van der Waals surface area contributed by atoms with Crippen LogP contribution in [0.1, 0.15) is 55.7 Å². The predicted molar refractivity (Wildman–Crippen MR) is 98.2 cm³/mol. The van der Waals surface area contributed by atoms with Gasteiger partial charge in [-0.05, 0) is 41.9 Å². The largest absolute Gasteiger partial charge is 0.273 e. The van der Waals surface area contributed by atoms with E-state index in [0.717, 1.165) is 17.7 Å². The van der Waals surface area contributed by atoms with E-state index < -0.39 is 0 Å². The summed E-state index contributed by atoms with van der Waals surface area (Å²) in [5, 5.41) is 4.28. The normalized spacial score (nSPS) is 20.1. The Morgan fingerprint density at radius 2 is 1.75 bits per heavy atom. The minimum atomic E-state index is 0.0157.